The molecule has 130 valence electrons. The Morgan fingerprint density at radius 1 is 0.923 bits per heavy atom. The molecule has 0 aromatic heterocycles. The summed E-state index contributed by atoms with van der Waals surface area (Å²) in [7, 11) is 0. The van der Waals surface area contributed by atoms with E-state index >= 15 is 0 Å². The van der Waals surface area contributed by atoms with Gasteiger partial charge < -0.3 is 15.5 Å². The van der Waals surface area contributed by atoms with Crippen LogP contribution in [0.25, 0.3) is 0 Å². The van der Waals surface area contributed by atoms with Gasteiger partial charge in [-0.3, -0.25) is 9.69 Å². The Hall–Kier alpha value is -3.54. The molecule has 26 heavy (non-hydrogen) atoms. The Labute approximate surface area is 148 Å². The Morgan fingerprint density at radius 2 is 1.65 bits per heavy atom. The van der Waals surface area contributed by atoms with Gasteiger partial charge in [-0.05, 0) is 42.5 Å². The van der Waals surface area contributed by atoms with Crippen LogP contribution in [0.3, 0.4) is 0 Å². The highest BCUT2D eigenvalue weighted by Gasteiger charge is 2.35. The van der Waals surface area contributed by atoms with Crippen molar-refractivity contribution >= 4 is 17.3 Å². The molecule has 0 unspecified atom stereocenters. The first-order valence-corrected chi connectivity index (χ1v) is 8.02. The first kappa shape index (κ1) is 16.0. The molecular formula is C20H15FN2O3. The number of carbonyl (C=O) groups is 1. The first-order chi connectivity index (χ1) is 12.6. The van der Waals surface area contributed by atoms with Crippen LogP contribution in [-0.4, -0.2) is 16.1 Å². The Balaban J connectivity index is 1.90. The fraction of sp³-hybridized carbons (Fsp3) is 0.0500. The SMILES string of the molecule is O=C1c2ccccc2N[C@@H](c2cccc(O)c2O)N1c1ccc(F)cc1. The number of hydrogen-bond donors (Lipinski definition) is 3. The maximum atomic E-state index is 13.3. The zero-order valence-electron chi connectivity index (χ0n) is 13.6. The molecule has 0 radical (unpaired) electrons. The van der Waals surface area contributed by atoms with E-state index in [0.29, 0.717) is 22.5 Å². The van der Waals surface area contributed by atoms with E-state index in [1.165, 1.54) is 35.2 Å². The van der Waals surface area contributed by atoms with E-state index in [1.54, 1.807) is 36.4 Å². The lowest BCUT2D eigenvalue weighted by Crippen LogP contribution is -2.43. The van der Waals surface area contributed by atoms with Crippen molar-refractivity contribution in [3.05, 3.63) is 83.7 Å². The van der Waals surface area contributed by atoms with E-state index in [1.807, 2.05) is 0 Å². The number of fused-ring (bicyclic) bond motifs is 1. The fourth-order valence-corrected chi connectivity index (χ4v) is 3.11. The highest BCUT2D eigenvalue weighted by molar-refractivity contribution is 6.12. The van der Waals surface area contributed by atoms with Crippen LogP contribution in [0.5, 0.6) is 11.5 Å². The third-order valence-corrected chi connectivity index (χ3v) is 4.37. The number of amides is 1. The summed E-state index contributed by atoms with van der Waals surface area (Å²) in [5.74, 6) is -1.30. The van der Waals surface area contributed by atoms with Crippen molar-refractivity contribution in [2.75, 3.05) is 10.2 Å². The van der Waals surface area contributed by atoms with Gasteiger partial charge in [0.15, 0.2) is 11.5 Å². The van der Waals surface area contributed by atoms with Crippen LogP contribution in [0.2, 0.25) is 0 Å². The Morgan fingerprint density at radius 3 is 2.42 bits per heavy atom. The van der Waals surface area contributed by atoms with Gasteiger partial charge in [0, 0.05) is 16.9 Å². The third kappa shape index (κ3) is 2.52. The molecule has 5 nitrogen and oxygen atoms in total. The molecule has 3 aromatic rings. The van der Waals surface area contributed by atoms with Gasteiger partial charge in [0.25, 0.3) is 5.91 Å². The summed E-state index contributed by atoms with van der Waals surface area (Å²) in [4.78, 5) is 14.6. The second kappa shape index (κ2) is 6.07. The lowest BCUT2D eigenvalue weighted by atomic mass is 10.0. The fourth-order valence-electron chi connectivity index (χ4n) is 3.11. The van der Waals surface area contributed by atoms with Gasteiger partial charge >= 0.3 is 0 Å². The van der Waals surface area contributed by atoms with Crippen molar-refractivity contribution in [1.29, 1.82) is 0 Å². The summed E-state index contributed by atoms with van der Waals surface area (Å²) in [5.41, 5.74) is 1.87. The predicted molar refractivity (Wildman–Crippen MR) is 95.8 cm³/mol. The minimum atomic E-state index is -0.769. The largest absolute Gasteiger partial charge is 0.504 e. The lowest BCUT2D eigenvalue weighted by molar-refractivity contribution is 0.0974. The summed E-state index contributed by atoms with van der Waals surface area (Å²) in [6, 6.07) is 17.1. The molecular weight excluding hydrogens is 335 g/mol. The summed E-state index contributed by atoms with van der Waals surface area (Å²) in [6.45, 7) is 0. The molecule has 1 heterocycles. The minimum absolute atomic E-state index is 0.283. The maximum absolute atomic E-state index is 13.3. The van der Waals surface area contributed by atoms with Crippen LogP contribution in [0.4, 0.5) is 15.8 Å². The van der Waals surface area contributed by atoms with E-state index in [9.17, 15) is 19.4 Å². The molecule has 1 aliphatic rings. The number of benzene rings is 3. The van der Waals surface area contributed by atoms with Gasteiger partial charge in [-0.15, -0.1) is 0 Å². The first-order valence-electron chi connectivity index (χ1n) is 8.02. The number of para-hydroxylation sites is 2. The van der Waals surface area contributed by atoms with Gasteiger partial charge in [-0.25, -0.2) is 4.39 Å². The molecule has 0 saturated carbocycles. The van der Waals surface area contributed by atoms with Crippen molar-refractivity contribution in [3.8, 4) is 11.5 Å². The average Bonchev–Trinajstić information content (AvgIpc) is 2.65. The van der Waals surface area contributed by atoms with Crippen LogP contribution in [-0.2, 0) is 0 Å². The number of carbonyl (C=O) groups excluding carboxylic acids is 1. The second-order valence-electron chi connectivity index (χ2n) is 5.96. The number of hydrogen-bond acceptors (Lipinski definition) is 4. The number of rotatable bonds is 2. The maximum Gasteiger partial charge on any atom is 0.262 e. The van der Waals surface area contributed by atoms with Crippen molar-refractivity contribution in [2.45, 2.75) is 6.17 Å². The summed E-state index contributed by atoms with van der Waals surface area (Å²) >= 11 is 0. The number of aromatic hydroxyl groups is 2. The molecule has 6 heteroatoms. The molecule has 0 saturated heterocycles. The lowest BCUT2D eigenvalue weighted by Gasteiger charge is -2.38. The topological polar surface area (TPSA) is 72.8 Å². The van der Waals surface area contributed by atoms with Gasteiger partial charge in [0.1, 0.15) is 12.0 Å². The standard InChI is InChI=1S/C20H15FN2O3/c21-12-8-10-13(11-9-12)23-19(15-5-3-7-17(24)18(15)25)22-16-6-2-1-4-14(16)20(23)26/h1-11,19,22,24-25H/t19-/m1/s1. The molecule has 1 amide bonds. The van der Waals surface area contributed by atoms with Crippen molar-refractivity contribution < 1.29 is 19.4 Å². The van der Waals surface area contributed by atoms with Crippen molar-refractivity contribution in [2.24, 2.45) is 0 Å². The molecule has 3 aromatic carbocycles. The van der Waals surface area contributed by atoms with Crippen LogP contribution >= 0.6 is 0 Å². The zero-order valence-corrected chi connectivity index (χ0v) is 13.6. The number of nitrogens with zero attached hydrogens (tertiary/aromatic N) is 1. The van der Waals surface area contributed by atoms with E-state index in [0.717, 1.165) is 0 Å². The molecule has 3 N–H and O–H groups in total. The second-order valence-corrected chi connectivity index (χ2v) is 5.96. The van der Waals surface area contributed by atoms with E-state index in [2.05, 4.69) is 5.32 Å². The van der Waals surface area contributed by atoms with Gasteiger partial charge in [0.2, 0.25) is 0 Å². The van der Waals surface area contributed by atoms with E-state index in [4.69, 9.17) is 0 Å². The summed E-state index contributed by atoms with van der Waals surface area (Å²) in [6.07, 6.45) is -0.769. The molecule has 0 spiro atoms. The zero-order chi connectivity index (χ0) is 18.3. The van der Waals surface area contributed by atoms with Gasteiger partial charge in [0.05, 0.1) is 5.56 Å². The minimum Gasteiger partial charge on any atom is -0.504 e. The normalized spacial score (nSPS) is 16.1. The molecule has 0 fully saturated rings. The number of nitrogens with one attached hydrogen (secondary N) is 1. The Kier molecular flexibility index (Phi) is 3.73. The van der Waals surface area contributed by atoms with Gasteiger partial charge in [-0.1, -0.05) is 24.3 Å². The molecule has 0 aliphatic carbocycles. The Bertz CT molecular complexity index is 989. The third-order valence-electron chi connectivity index (χ3n) is 4.37. The average molecular weight is 350 g/mol. The highest BCUT2D eigenvalue weighted by atomic mass is 19.1. The van der Waals surface area contributed by atoms with Crippen LogP contribution < -0.4 is 10.2 Å². The van der Waals surface area contributed by atoms with Crippen molar-refractivity contribution in [3.63, 3.8) is 0 Å². The number of halogens is 1. The molecule has 0 bridgehead atoms. The van der Waals surface area contributed by atoms with E-state index in [-0.39, 0.29) is 17.4 Å². The number of phenols is 2. The van der Waals surface area contributed by atoms with Crippen LogP contribution in [0.1, 0.15) is 22.1 Å². The van der Waals surface area contributed by atoms with Crippen molar-refractivity contribution in [1.82, 2.24) is 0 Å². The predicted octanol–water partition coefficient (Wildman–Crippen LogP) is 4.01. The smallest absolute Gasteiger partial charge is 0.262 e. The number of anilines is 2. The highest BCUT2D eigenvalue weighted by Crippen LogP contribution is 2.41. The summed E-state index contributed by atoms with van der Waals surface area (Å²) in [5, 5.41) is 23.4. The molecule has 1 atom stereocenters. The monoisotopic (exact) mass is 350 g/mol. The van der Waals surface area contributed by atoms with Crippen LogP contribution in [0, 0.1) is 5.82 Å². The molecule has 4 rings (SSSR count). The van der Waals surface area contributed by atoms with E-state index < -0.39 is 12.0 Å². The van der Waals surface area contributed by atoms with Crippen LogP contribution in [0.15, 0.2) is 66.7 Å². The van der Waals surface area contributed by atoms with Gasteiger partial charge in [-0.2, -0.15) is 0 Å². The summed E-state index contributed by atoms with van der Waals surface area (Å²) < 4.78 is 13.3. The quantitative estimate of drug-likeness (QED) is 0.611. The molecule has 1 aliphatic heterocycles. The number of phenolic OH excluding ortho intramolecular Hbond substituents is 2.